The van der Waals surface area contributed by atoms with Gasteiger partial charge in [-0.25, -0.2) is 0 Å². The van der Waals surface area contributed by atoms with Gasteiger partial charge in [-0.15, -0.1) is 0 Å². The smallest absolute Gasteiger partial charge is 0.236 e. The van der Waals surface area contributed by atoms with Gasteiger partial charge in [-0.1, -0.05) is 18.2 Å². The van der Waals surface area contributed by atoms with E-state index in [0.29, 0.717) is 10.6 Å². The van der Waals surface area contributed by atoms with Crippen molar-refractivity contribution in [1.82, 2.24) is 9.69 Å². The molecular weight excluding hydrogens is 360 g/mol. The number of hydrogen-bond donors (Lipinski definition) is 4. The van der Waals surface area contributed by atoms with Gasteiger partial charge in [0.15, 0.2) is 0 Å². The van der Waals surface area contributed by atoms with Crippen molar-refractivity contribution in [3.8, 4) is 17.4 Å². The van der Waals surface area contributed by atoms with Gasteiger partial charge in [0.2, 0.25) is 5.88 Å². The average Bonchev–Trinajstić information content (AvgIpc) is 2.98. The molecule has 0 saturated heterocycles. The molecule has 6 nitrogen and oxygen atoms in total. The first kappa shape index (κ1) is 18.7. The van der Waals surface area contributed by atoms with Crippen molar-refractivity contribution in [1.29, 1.82) is 5.41 Å². The van der Waals surface area contributed by atoms with E-state index in [4.69, 9.17) is 10.1 Å². The van der Waals surface area contributed by atoms with Crippen LogP contribution < -0.4 is 15.4 Å². The van der Waals surface area contributed by atoms with E-state index in [-0.39, 0.29) is 17.8 Å². The number of nitrogens with zero attached hydrogens (tertiary/aromatic N) is 1. The molecule has 0 aliphatic heterocycles. The minimum Gasteiger partial charge on any atom is -0.492 e. The Hall–Kier alpha value is -3.06. The van der Waals surface area contributed by atoms with Crippen LogP contribution in [0.4, 0.5) is 10.7 Å². The summed E-state index contributed by atoms with van der Waals surface area (Å²) in [6.45, 7) is 5.88. The fraction of sp³-hybridized carbons (Fsp3) is 0.200. The zero-order valence-electron chi connectivity index (χ0n) is 15.4. The molecule has 4 N–H and O–H groups in total. The summed E-state index contributed by atoms with van der Waals surface area (Å²) in [6.07, 6.45) is 0. The second kappa shape index (κ2) is 8.09. The maximum absolute atomic E-state index is 9.99. The Morgan fingerprint density at radius 3 is 2.52 bits per heavy atom. The first-order valence-electron chi connectivity index (χ1n) is 8.58. The lowest BCUT2D eigenvalue weighted by Crippen LogP contribution is -2.30. The van der Waals surface area contributed by atoms with Crippen molar-refractivity contribution in [3.63, 3.8) is 0 Å². The van der Waals surface area contributed by atoms with Crippen LogP contribution in [0.5, 0.6) is 17.4 Å². The molecule has 0 amide bonds. The zero-order valence-corrected chi connectivity index (χ0v) is 16.2. The minimum atomic E-state index is -0.153. The fourth-order valence-corrected chi connectivity index (χ4v) is 3.21. The molecule has 0 atom stereocenters. The first-order chi connectivity index (χ1) is 12.9. The molecular formula is C20H22N4O2S. The Balaban J connectivity index is 1.74. The van der Waals surface area contributed by atoms with E-state index in [0.717, 1.165) is 34.3 Å². The highest BCUT2D eigenvalue weighted by atomic mass is 32.1. The monoisotopic (exact) mass is 382 g/mol. The second-order valence-electron chi connectivity index (χ2n) is 6.40. The van der Waals surface area contributed by atoms with Crippen molar-refractivity contribution in [2.45, 2.75) is 26.8 Å². The van der Waals surface area contributed by atoms with E-state index in [1.807, 2.05) is 69.3 Å². The first-order valence-corrected chi connectivity index (χ1v) is 9.36. The van der Waals surface area contributed by atoms with Crippen molar-refractivity contribution >= 4 is 28.1 Å². The molecule has 3 aromatic rings. The highest BCUT2D eigenvalue weighted by Gasteiger charge is 2.18. The molecule has 140 valence electrons. The van der Waals surface area contributed by atoms with Crippen LogP contribution >= 0.6 is 11.5 Å². The van der Waals surface area contributed by atoms with Crippen LogP contribution in [0, 0.1) is 12.3 Å². The van der Waals surface area contributed by atoms with Gasteiger partial charge in [0.1, 0.15) is 27.9 Å². The maximum Gasteiger partial charge on any atom is 0.236 e. The number of rotatable bonds is 6. The van der Waals surface area contributed by atoms with Gasteiger partial charge in [-0.3, -0.25) is 5.41 Å². The van der Waals surface area contributed by atoms with Crippen LogP contribution in [-0.2, 0) is 0 Å². The third-order valence-corrected chi connectivity index (χ3v) is 4.54. The third kappa shape index (κ3) is 4.57. The van der Waals surface area contributed by atoms with Crippen LogP contribution in [0.15, 0.2) is 48.5 Å². The number of para-hydroxylation sites is 1. The average molecular weight is 382 g/mol. The van der Waals surface area contributed by atoms with Crippen LogP contribution in [0.25, 0.3) is 0 Å². The van der Waals surface area contributed by atoms with Crippen LogP contribution in [0.2, 0.25) is 0 Å². The van der Waals surface area contributed by atoms with Gasteiger partial charge in [-0.2, -0.15) is 4.37 Å². The molecule has 0 aliphatic carbocycles. The lowest BCUT2D eigenvalue weighted by Gasteiger charge is -2.13. The number of ether oxygens (including phenoxy) is 1. The Morgan fingerprint density at radius 1 is 1.15 bits per heavy atom. The Kier molecular flexibility index (Phi) is 5.61. The largest absolute Gasteiger partial charge is 0.492 e. The van der Waals surface area contributed by atoms with E-state index in [1.54, 1.807) is 0 Å². The molecule has 0 saturated carbocycles. The van der Waals surface area contributed by atoms with E-state index in [1.165, 1.54) is 0 Å². The quantitative estimate of drug-likeness (QED) is 0.355. The van der Waals surface area contributed by atoms with Crippen LogP contribution in [0.3, 0.4) is 0 Å². The molecule has 27 heavy (non-hydrogen) atoms. The fourth-order valence-electron chi connectivity index (χ4n) is 2.49. The number of aryl methyl sites for hydroxylation is 1. The van der Waals surface area contributed by atoms with E-state index in [9.17, 15) is 5.11 Å². The standard InChI is InChI=1S/C20H22N4O2S/c1-12(2)22-18(21)17-19(25)24-27-20(17)23-14-8-10-15(11-9-14)26-16-7-5-4-6-13(16)3/h4-12,23H,1-3H3,(H2,21,22)(H,24,25). The zero-order chi connectivity index (χ0) is 19.4. The predicted octanol–water partition coefficient (Wildman–Crippen LogP) is 5.02. The Bertz CT molecular complexity index is 935. The number of aromatic hydroxyl groups is 1. The summed E-state index contributed by atoms with van der Waals surface area (Å²) in [5, 5.41) is 24.9. The number of hydrogen-bond acceptors (Lipinski definition) is 6. The van der Waals surface area contributed by atoms with Gasteiger partial charge in [0, 0.05) is 11.7 Å². The van der Waals surface area contributed by atoms with Crippen LogP contribution in [0.1, 0.15) is 25.0 Å². The predicted molar refractivity (Wildman–Crippen MR) is 110 cm³/mol. The molecule has 0 radical (unpaired) electrons. The van der Waals surface area contributed by atoms with Crippen molar-refractivity contribution in [3.05, 3.63) is 59.7 Å². The van der Waals surface area contributed by atoms with Gasteiger partial charge in [0.05, 0.1) is 0 Å². The lowest BCUT2D eigenvalue weighted by atomic mass is 10.2. The summed E-state index contributed by atoms with van der Waals surface area (Å²) in [5.74, 6) is 1.54. The molecule has 0 fully saturated rings. The molecule has 7 heteroatoms. The summed E-state index contributed by atoms with van der Waals surface area (Å²) < 4.78 is 9.86. The normalized spacial score (nSPS) is 10.7. The number of amidine groups is 1. The molecule has 0 bridgehead atoms. The number of anilines is 2. The molecule has 1 aromatic heterocycles. The van der Waals surface area contributed by atoms with Crippen LogP contribution in [-0.4, -0.2) is 21.4 Å². The molecule has 0 aliphatic rings. The molecule has 0 unspecified atom stereocenters. The van der Waals surface area contributed by atoms with Gasteiger partial charge < -0.3 is 20.5 Å². The molecule has 1 heterocycles. The highest BCUT2D eigenvalue weighted by Crippen LogP contribution is 2.33. The summed E-state index contributed by atoms with van der Waals surface area (Å²) >= 11 is 1.11. The number of benzene rings is 2. The SMILES string of the molecule is Cc1ccccc1Oc1ccc(Nc2snc(O)c2C(=N)NC(C)C)cc1. The summed E-state index contributed by atoms with van der Waals surface area (Å²) in [4.78, 5) is 0. The molecule has 3 rings (SSSR count). The van der Waals surface area contributed by atoms with E-state index >= 15 is 0 Å². The summed E-state index contributed by atoms with van der Waals surface area (Å²) in [5.41, 5.74) is 2.25. The van der Waals surface area contributed by atoms with Crippen molar-refractivity contribution in [2.75, 3.05) is 5.32 Å². The summed E-state index contributed by atoms with van der Waals surface area (Å²) in [7, 11) is 0. The van der Waals surface area contributed by atoms with E-state index in [2.05, 4.69) is 15.0 Å². The van der Waals surface area contributed by atoms with Gasteiger partial charge >= 0.3 is 0 Å². The molecule has 2 aromatic carbocycles. The van der Waals surface area contributed by atoms with Gasteiger partial charge in [-0.05, 0) is 68.2 Å². The number of nitrogens with one attached hydrogen (secondary N) is 3. The summed E-state index contributed by atoms with van der Waals surface area (Å²) in [6, 6.07) is 15.4. The second-order valence-corrected chi connectivity index (χ2v) is 7.17. The topological polar surface area (TPSA) is 90.3 Å². The maximum atomic E-state index is 9.99. The Morgan fingerprint density at radius 2 is 1.85 bits per heavy atom. The molecule has 0 spiro atoms. The Labute approximate surface area is 162 Å². The van der Waals surface area contributed by atoms with Gasteiger partial charge in [0.25, 0.3) is 0 Å². The minimum absolute atomic E-state index is 0.0857. The van der Waals surface area contributed by atoms with Crippen molar-refractivity contribution < 1.29 is 9.84 Å². The van der Waals surface area contributed by atoms with E-state index < -0.39 is 0 Å². The number of aromatic nitrogens is 1. The van der Waals surface area contributed by atoms with Crippen molar-refractivity contribution in [2.24, 2.45) is 0 Å². The third-order valence-electron chi connectivity index (χ3n) is 3.79. The lowest BCUT2D eigenvalue weighted by molar-refractivity contribution is 0.458. The highest BCUT2D eigenvalue weighted by molar-refractivity contribution is 7.11.